The van der Waals surface area contributed by atoms with Gasteiger partial charge in [-0.05, 0) is 43.2 Å². The van der Waals surface area contributed by atoms with Crippen molar-refractivity contribution in [3.8, 4) is 11.4 Å². The van der Waals surface area contributed by atoms with Gasteiger partial charge in [0.2, 0.25) is 15.9 Å². The first-order chi connectivity index (χ1) is 15.8. The highest BCUT2D eigenvalue weighted by Crippen LogP contribution is 2.36. The van der Waals surface area contributed by atoms with Crippen molar-refractivity contribution in [1.29, 1.82) is 0 Å². The number of aromatic nitrogens is 3. The van der Waals surface area contributed by atoms with Gasteiger partial charge >= 0.3 is 0 Å². The fourth-order valence-electron chi connectivity index (χ4n) is 3.95. The Morgan fingerprint density at radius 2 is 1.88 bits per heavy atom. The number of carbonyl (C=O) groups is 1. The molecule has 33 heavy (non-hydrogen) atoms. The number of benzene rings is 2. The minimum absolute atomic E-state index is 0.0295. The molecule has 0 bridgehead atoms. The van der Waals surface area contributed by atoms with Crippen molar-refractivity contribution >= 4 is 33.4 Å². The Hall–Kier alpha value is -2.76. The van der Waals surface area contributed by atoms with Crippen LogP contribution in [0, 0.1) is 5.82 Å². The molecule has 2 aromatic carbocycles. The zero-order valence-electron chi connectivity index (χ0n) is 17.8. The van der Waals surface area contributed by atoms with E-state index < -0.39 is 10.0 Å². The van der Waals surface area contributed by atoms with Gasteiger partial charge in [0.1, 0.15) is 5.82 Å². The lowest BCUT2D eigenvalue weighted by atomic mass is 9.95. The second-order valence-corrected chi connectivity index (χ2v) is 10.4. The molecule has 1 aliphatic carbocycles. The molecule has 0 aliphatic heterocycles. The summed E-state index contributed by atoms with van der Waals surface area (Å²) in [7, 11) is -3.87. The maximum Gasteiger partial charge on any atom is 0.238 e. The number of anilines is 1. The van der Waals surface area contributed by atoms with Gasteiger partial charge in [-0.1, -0.05) is 49.2 Å². The Morgan fingerprint density at radius 1 is 1.12 bits per heavy atom. The van der Waals surface area contributed by atoms with Crippen LogP contribution in [0.2, 0.25) is 0 Å². The van der Waals surface area contributed by atoms with Gasteiger partial charge in [-0.3, -0.25) is 9.36 Å². The van der Waals surface area contributed by atoms with E-state index in [4.69, 9.17) is 5.14 Å². The molecule has 4 rings (SSSR count). The van der Waals surface area contributed by atoms with Crippen LogP contribution in [0.25, 0.3) is 11.4 Å². The van der Waals surface area contributed by atoms with E-state index in [1.165, 1.54) is 36.0 Å². The fraction of sp³-hybridized carbons (Fsp3) is 0.318. The van der Waals surface area contributed by atoms with E-state index in [0.29, 0.717) is 22.2 Å². The van der Waals surface area contributed by atoms with E-state index >= 15 is 0 Å². The van der Waals surface area contributed by atoms with E-state index in [9.17, 15) is 17.6 Å². The van der Waals surface area contributed by atoms with E-state index in [0.717, 1.165) is 32.1 Å². The van der Waals surface area contributed by atoms with Crippen molar-refractivity contribution in [2.45, 2.75) is 48.2 Å². The zero-order chi connectivity index (χ0) is 23.4. The quantitative estimate of drug-likeness (QED) is 0.485. The summed E-state index contributed by atoms with van der Waals surface area (Å²) in [5.41, 5.74) is 0.708. The van der Waals surface area contributed by atoms with E-state index in [1.807, 2.05) is 4.57 Å². The van der Waals surface area contributed by atoms with Crippen molar-refractivity contribution in [3.05, 3.63) is 54.3 Å². The van der Waals surface area contributed by atoms with Gasteiger partial charge in [-0.15, -0.1) is 10.2 Å². The number of nitrogens with two attached hydrogens (primary N) is 1. The van der Waals surface area contributed by atoms with Gasteiger partial charge in [0.15, 0.2) is 11.0 Å². The second-order valence-electron chi connectivity index (χ2n) is 7.86. The lowest BCUT2D eigenvalue weighted by Crippen LogP contribution is -2.18. The van der Waals surface area contributed by atoms with Crippen molar-refractivity contribution in [1.82, 2.24) is 14.8 Å². The first-order valence-corrected chi connectivity index (χ1v) is 13.1. The minimum Gasteiger partial charge on any atom is -0.325 e. The molecule has 174 valence electrons. The molecule has 1 aliphatic rings. The van der Waals surface area contributed by atoms with Crippen LogP contribution in [-0.4, -0.2) is 34.8 Å². The summed E-state index contributed by atoms with van der Waals surface area (Å²) in [6.07, 6.45) is 5.20. The summed E-state index contributed by atoms with van der Waals surface area (Å²) in [5, 5.41) is 16.9. The summed E-state index contributed by atoms with van der Waals surface area (Å²) in [5.74, 6) is -0.214. The van der Waals surface area contributed by atoms with Gasteiger partial charge in [0.05, 0.1) is 16.2 Å². The number of rotatable bonds is 7. The SMILES string of the molecule is NS(=O)(=O)c1cccc(NC(=O)CSc2nnc(-c3ccccc3F)n2C2CCCCC2)c1. The zero-order valence-corrected chi connectivity index (χ0v) is 19.4. The molecular formula is C22H24FN5O3S2. The number of amides is 1. The molecule has 3 N–H and O–H groups in total. The third-order valence-electron chi connectivity index (χ3n) is 5.50. The number of hydrogen-bond donors (Lipinski definition) is 2. The van der Waals surface area contributed by atoms with E-state index in [1.54, 1.807) is 24.3 Å². The number of thioether (sulfide) groups is 1. The Kier molecular flexibility index (Phi) is 7.11. The number of nitrogens with zero attached hydrogens (tertiary/aromatic N) is 3. The molecule has 1 fully saturated rings. The molecule has 1 aromatic heterocycles. The normalized spacial score (nSPS) is 14.8. The number of primary sulfonamides is 1. The van der Waals surface area contributed by atoms with Gasteiger partial charge < -0.3 is 5.32 Å². The molecule has 0 unspecified atom stereocenters. The van der Waals surface area contributed by atoms with Crippen LogP contribution in [0.3, 0.4) is 0 Å². The van der Waals surface area contributed by atoms with Crippen LogP contribution in [0.15, 0.2) is 58.6 Å². The molecule has 0 saturated heterocycles. The van der Waals surface area contributed by atoms with Crippen LogP contribution in [0.1, 0.15) is 38.1 Å². The van der Waals surface area contributed by atoms with E-state index in [-0.39, 0.29) is 28.4 Å². The molecule has 8 nitrogen and oxygen atoms in total. The summed E-state index contributed by atoms with van der Waals surface area (Å²) < 4.78 is 39.5. The number of halogens is 1. The first kappa shape index (κ1) is 23.4. The van der Waals surface area contributed by atoms with Gasteiger partial charge in [-0.2, -0.15) is 0 Å². The lowest BCUT2D eigenvalue weighted by Gasteiger charge is -2.25. The molecule has 11 heteroatoms. The maximum atomic E-state index is 14.5. The summed E-state index contributed by atoms with van der Waals surface area (Å²) >= 11 is 1.21. The van der Waals surface area contributed by atoms with Crippen molar-refractivity contribution in [2.75, 3.05) is 11.1 Å². The van der Waals surface area contributed by atoms with Crippen molar-refractivity contribution in [2.24, 2.45) is 5.14 Å². The maximum absolute atomic E-state index is 14.5. The number of hydrogen-bond acceptors (Lipinski definition) is 6. The third-order valence-corrected chi connectivity index (χ3v) is 7.35. The average Bonchev–Trinajstić information content (AvgIpc) is 3.22. The van der Waals surface area contributed by atoms with Crippen molar-refractivity contribution < 1.29 is 17.6 Å². The monoisotopic (exact) mass is 489 g/mol. The minimum atomic E-state index is -3.87. The Labute approximate surface area is 195 Å². The average molecular weight is 490 g/mol. The molecule has 0 spiro atoms. The first-order valence-electron chi connectivity index (χ1n) is 10.6. The molecular weight excluding hydrogens is 465 g/mol. The highest BCUT2D eigenvalue weighted by Gasteiger charge is 2.25. The smallest absolute Gasteiger partial charge is 0.238 e. The fourth-order valence-corrected chi connectivity index (χ4v) is 5.31. The predicted octanol–water partition coefficient (Wildman–Crippen LogP) is 3.97. The van der Waals surface area contributed by atoms with Crippen molar-refractivity contribution in [3.63, 3.8) is 0 Å². The molecule has 0 atom stereocenters. The summed E-state index contributed by atoms with van der Waals surface area (Å²) in [6.45, 7) is 0. The molecule has 1 amide bonds. The topological polar surface area (TPSA) is 120 Å². The lowest BCUT2D eigenvalue weighted by molar-refractivity contribution is -0.113. The standard InChI is InChI=1S/C22H24FN5O3S2/c23-19-12-5-4-11-18(19)21-26-27-22(28(21)16-8-2-1-3-9-16)32-14-20(29)25-15-7-6-10-17(13-15)33(24,30)31/h4-7,10-13,16H,1-3,8-9,14H2,(H,25,29)(H2,24,30,31). The second kappa shape index (κ2) is 10.0. The van der Waals surface area contributed by atoms with Crippen LogP contribution in [0.4, 0.5) is 10.1 Å². The number of nitrogens with one attached hydrogen (secondary N) is 1. The van der Waals surface area contributed by atoms with Crippen LogP contribution in [0.5, 0.6) is 0 Å². The largest absolute Gasteiger partial charge is 0.325 e. The Balaban J connectivity index is 1.53. The number of sulfonamides is 1. The van der Waals surface area contributed by atoms with Gasteiger partial charge in [0, 0.05) is 11.7 Å². The Bertz CT molecular complexity index is 1260. The molecule has 3 aromatic rings. The summed E-state index contributed by atoms with van der Waals surface area (Å²) in [6, 6.07) is 12.3. The Morgan fingerprint density at radius 3 is 2.61 bits per heavy atom. The highest BCUT2D eigenvalue weighted by atomic mass is 32.2. The van der Waals surface area contributed by atoms with E-state index in [2.05, 4.69) is 15.5 Å². The molecule has 1 heterocycles. The predicted molar refractivity (Wildman–Crippen MR) is 125 cm³/mol. The van der Waals surface area contributed by atoms with Crippen LogP contribution < -0.4 is 10.5 Å². The highest BCUT2D eigenvalue weighted by molar-refractivity contribution is 7.99. The van der Waals surface area contributed by atoms with Crippen LogP contribution >= 0.6 is 11.8 Å². The van der Waals surface area contributed by atoms with Gasteiger partial charge in [-0.25, -0.2) is 17.9 Å². The molecule has 0 radical (unpaired) electrons. The number of carbonyl (C=O) groups excluding carboxylic acids is 1. The van der Waals surface area contributed by atoms with Gasteiger partial charge in [0.25, 0.3) is 0 Å². The molecule has 1 saturated carbocycles. The van der Waals surface area contributed by atoms with Crippen LogP contribution in [-0.2, 0) is 14.8 Å². The third kappa shape index (κ3) is 5.60. The summed E-state index contributed by atoms with van der Waals surface area (Å²) in [4.78, 5) is 12.5.